The smallest absolute Gasteiger partial charge is 0.339 e. The summed E-state index contributed by atoms with van der Waals surface area (Å²) < 4.78 is 54.4. The molecule has 1 aromatic heterocycles. The number of aromatic amines is 1. The molecule has 0 bridgehead atoms. The molecule has 0 radical (unpaired) electrons. The monoisotopic (exact) mass is 402 g/mol. The van der Waals surface area contributed by atoms with Crippen LogP contribution in [-0.4, -0.2) is 38.7 Å². The van der Waals surface area contributed by atoms with E-state index in [9.17, 15) is 22.4 Å². The van der Waals surface area contributed by atoms with Gasteiger partial charge in [-0.2, -0.15) is 18.3 Å². The fourth-order valence-electron chi connectivity index (χ4n) is 3.35. The summed E-state index contributed by atoms with van der Waals surface area (Å²) in [5.74, 6) is -0.981. The maximum atomic E-state index is 13.4. The van der Waals surface area contributed by atoms with Crippen molar-refractivity contribution in [3.8, 4) is 0 Å². The summed E-state index contributed by atoms with van der Waals surface area (Å²) in [7, 11) is 0. The summed E-state index contributed by atoms with van der Waals surface area (Å²) in [4.78, 5) is 14.0. The Hall–Kier alpha value is -2.23. The first-order valence-electron chi connectivity index (χ1n) is 8.53. The Labute approximate surface area is 158 Å². The summed E-state index contributed by atoms with van der Waals surface area (Å²) in [5, 5.41) is 7.03. The number of hydrogen-bond donors (Lipinski definition) is 1. The van der Waals surface area contributed by atoms with E-state index in [1.165, 1.54) is 4.90 Å². The van der Waals surface area contributed by atoms with Gasteiger partial charge in [-0.3, -0.25) is 9.89 Å². The molecule has 1 N–H and O–H groups in total. The van der Waals surface area contributed by atoms with E-state index in [0.29, 0.717) is 49.4 Å². The number of nitrogens with one attached hydrogen (secondary N) is 1. The van der Waals surface area contributed by atoms with Gasteiger partial charge >= 0.3 is 6.18 Å². The quantitative estimate of drug-likeness (QED) is 0.620. The van der Waals surface area contributed by atoms with Crippen LogP contribution in [0.4, 0.5) is 17.6 Å². The Morgan fingerprint density at radius 2 is 2.00 bits per heavy atom. The van der Waals surface area contributed by atoms with Gasteiger partial charge in [-0.1, -0.05) is 0 Å². The third-order valence-corrected chi connectivity index (χ3v) is 5.08. The number of rotatable bonds is 3. The first kappa shape index (κ1) is 19.5. The molecule has 0 aliphatic carbocycles. The predicted molar refractivity (Wildman–Crippen MR) is 92.4 cm³/mol. The number of H-pyrrole nitrogens is 1. The summed E-state index contributed by atoms with van der Waals surface area (Å²) in [5.41, 5.74) is -1.60. The molecule has 27 heavy (non-hydrogen) atoms. The molecule has 0 unspecified atom stereocenters. The number of nitrogens with zero attached hydrogens (tertiary/aromatic N) is 3. The maximum Gasteiger partial charge on any atom is 0.419 e. The van der Waals surface area contributed by atoms with Gasteiger partial charge in [0.05, 0.1) is 5.56 Å². The SMILES string of the molecule is CCn1c(C2CCN(C(=O)c3ccc(F)c(C(F)(F)F)c3)CC2)n[nH]c1=S. The molecule has 146 valence electrons. The van der Waals surface area contributed by atoms with Crippen LogP contribution in [0.3, 0.4) is 0 Å². The van der Waals surface area contributed by atoms with Crippen LogP contribution in [0.1, 0.15) is 47.4 Å². The van der Waals surface area contributed by atoms with E-state index in [-0.39, 0.29) is 11.5 Å². The number of benzene rings is 1. The lowest BCUT2D eigenvalue weighted by Crippen LogP contribution is -2.38. The van der Waals surface area contributed by atoms with Gasteiger partial charge < -0.3 is 9.47 Å². The zero-order valence-electron chi connectivity index (χ0n) is 14.5. The molecule has 5 nitrogen and oxygen atoms in total. The van der Waals surface area contributed by atoms with E-state index in [2.05, 4.69) is 10.2 Å². The van der Waals surface area contributed by atoms with Crippen LogP contribution in [0, 0.1) is 10.6 Å². The lowest BCUT2D eigenvalue weighted by atomic mass is 9.95. The van der Waals surface area contributed by atoms with Gasteiger partial charge in [-0.05, 0) is 50.2 Å². The van der Waals surface area contributed by atoms with Crippen LogP contribution in [-0.2, 0) is 12.7 Å². The van der Waals surface area contributed by atoms with Gasteiger partial charge in [0.2, 0.25) is 0 Å². The van der Waals surface area contributed by atoms with Gasteiger partial charge in [-0.15, -0.1) is 0 Å². The number of hydrogen-bond acceptors (Lipinski definition) is 3. The highest BCUT2D eigenvalue weighted by Crippen LogP contribution is 2.33. The van der Waals surface area contributed by atoms with Crippen LogP contribution in [0.25, 0.3) is 0 Å². The molecule has 1 aliphatic rings. The lowest BCUT2D eigenvalue weighted by molar-refractivity contribution is -0.140. The first-order chi connectivity index (χ1) is 12.7. The van der Waals surface area contributed by atoms with Crippen molar-refractivity contribution >= 4 is 18.1 Å². The Morgan fingerprint density at radius 3 is 2.59 bits per heavy atom. The van der Waals surface area contributed by atoms with Gasteiger partial charge in [-0.25, -0.2) is 4.39 Å². The average molecular weight is 402 g/mol. The van der Waals surface area contributed by atoms with E-state index in [0.717, 1.165) is 11.9 Å². The highest BCUT2D eigenvalue weighted by Gasteiger charge is 2.35. The van der Waals surface area contributed by atoms with Crippen LogP contribution in [0.15, 0.2) is 18.2 Å². The van der Waals surface area contributed by atoms with Crippen molar-refractivity contribution in [3.05, 3.63) is 45.7 Å². The molecule has 1 aliphatic heterocycles. The summed E-state index contributed by atoms with van der Waals surface area (Å²) >= 11 is 5.18. The molecule has 1 fully saturated rings. The lowest BCUT2D eigenvalue weighted by Gasteiger charge is -2.31. The van der Waals surface area contributed by atoms with E-state index in [4.69, 9.17) is 12.2 Å². The van der Waals surface area contributed by atoms with E-state index in [1.54, 1.807) is 0 Å². The van der Waals surface area contributed by atoms with Crippen LogP contribution in [0.2, 0.25) is 0 Å². The summed E-state index contributed by atoms with van der Waals surface area (Å²) in [6.07, 6.45) is -3.60. The van der Waals surface area contributed by atoms with Gasteiger partial charge in [0.1, 0.15) is 11.6 Å². The number of aromatic nitrogens is 3. The fraction of sp³-hybridized carbons (Fsp3) is 0.471. The van der Waals surface area contributed by atoms with Crippen LogP contribution in [0.5, 0.6) is 0 Å². The standard InChI is InChI=1S/C17H18F4N4OS/c1-2-25-14(22-23-16(25)27)10-5-7-24(8-6-10)15(26)11-3-4-13(18)12(9-11)17(19,20)21/h3-4,9-10H,2,5-8H2,1H3,(H,23,27). The molecule has 10 heteroatoms. The molecule has 2 aromatic rings. The van der Waals surface area contributed by atoms with Crippen molar-refractivity contribution in [2.45, 2.75) is 38.4 Å². The molecule has 2 heterocycles. The van der Waals surface area contributed by atoms with Crippen molar-refractivity contribution in [2.75, 3.05) is 13.1 Å². The summed E-state index contributed by atoms with van der Waals surface area (Å²) in [6, 6.07) is 2.34. The van der Waals surface area contributed by atoms with E-state index < -0.39 is 23.5 Å². The van der Waals surface area contributed by atoms with Crippen molar-refractivity contribution < 1.29 is 22.4 Å². The first-order valence-corrected chi connectivity index (χ1v) is 8.94. The zero-order chi connectivity index (χ0) is 19.8. The number of piperidine rings is 1. The zero-order valence-corrected chi connectivity index (χ0v) is 15.3. The van der Waals surface area contributed by atoms with Gasteiger partial charge in [0.25, 0.3) is 5.91 Å². The molecule has 3 rings (SSSR count). The van der Waals surface area contributed by atoms with Gasteiger partial charge in [0.15, 0.2) is 4.77 Å². The molecule has 0 atom stereocenters. The Morgan fingerprint density at radius 1 is 1.33 bits per heavy atom. The van der Waals surface area contributed by atoms with E-state index in [1.807, 2.05) is 11.5 Å². The minimum atomic E-state index is -4.84. The number of carbonyl (C=O) groups excluding carboxylic acids is 1. The second-order valence-corrected chi connectivity index (χ2v) is 6.78. The Bertz CT molecular complexity index is 897. The van der Waals surface area contributed by atoms with Crippen molar-refractivity contribution in [1.82, 2.24) is 19.7 Å². The minimum absolute atomic E-state index is 0.112. The molecule has 0 saturated carbocycles. The highest BCUT2D eigenvalue weighted by atomic mass is 32.1. The normalized spacial score (nSPS) is 16.0. The minimum Gasteiger partial charge on any atom is -0.339 e. The molecule has 1 saturated heterocycles. The average Bonchev–Trinajstić information content (AvgIpc) is 3.01. The molecule has 0 spiro atoms. The molecular formula is C17H18F4N4OS. The number of carbonyl (C=O) groups is 1. The van der Waals surface area contributed by atoms with Crippen LogP contribution < -0.4 is 0 Å². The number of likely N-dealkylation sites (tertiary alicyclic amines) is 1. The fourth-order valence-corrected chi connectivity index (χ4v) is 3.61. The van der Waals surface area contributed by atoms with E-state index >= 15 is 0 Å². The summed E-state index contributed by atoms with van der Waals surface area (Å²) in [6.45, 7) is 3.40. The number of amides is 1. The second-order valence-electron chi connectivity index (χ2n) is 6.39. The van der Waals surface area contributed by atoms with Crippen molar-refractivity contribution in [1.29, 1.82) is 0 Å². The third kappa shape index (κ3) is 3.90. The number of halogens is 4. The molecule has 1 amide bonds. The Kier molecular flexibility index (Phi) is 5.36. The Balaban J connectivity index is 1.73. The third-order valence-electron chi connectivity index (χ3n) is 4.77. The van der Waals surface area contributed by atoms with Crippen molar-refractivity contribution in [2.24, 2.45) is 0 Å². The molecular weight excluding hydrogens is 384 g/mol. The van der Waals surface area contributed by atoms with Crippen molar-refractivity contribution in [3.63, 3.8) is 0 Å². The van der Waals surface area contributed by atoms with Crippen LogP contribution >= 0.6 is 12.2 Å². The maximum absolute atomic E-state index is 13.4. The van der Waals surface area contributed by atoms with Gasteiger partial charge in [0, 0.05) is 31.1 Å². The topological polar surface area (TPSA) is 53.9 Å². The highest BCUT2D eigenvalue weighted by molar-refractivity contribution is 7.71. The predicted octanol–water partition coefficient (Wildman–Crippen LogP) is 4.14. The molecule has 1 aromatic carbocycles. The largest absolute Gasteiger partial charge is 0.419 e. The second kappa shape index (κ2) is 7.41. The number of alkyl halides is 3.